The molecule has 14 heavy (non-hydrogen) atoms. The van der Waals surface area contributed by atoms with Gasteiger partial charge in [0.05, 0.1) is 12.4 Å². The average molecular weight is 242 g/mol. The number of sulfone groups is 1. The maximum atomic E-state index is 11.6. The molecule has 4 nitrogen and oxygen atoms in total. The summed E-state index contributed by atoms with van der Waals surface area (Å²) in [4.78, 5) is 0. The Hall–Kier alpha value is 0.160. The molecule has 84 valence electrons. The first kappa shape index (κ1) is 12.2. The Morgan fingerprint density at radius 3 is 2.64 bits per heavy atom. The van der Waals surface area contributed by atoms with Crippen LogP contribution < -0.4 is 5.32 Å². The van der Waals surface area contributed by atoms with E-state index in [1.807, 2.05) is 6.92 Å². The van der Waals surface area contributed by atoms with E-state index >= 15 is 0 Å². The zero-order chi connectivity index (χ0) is 9.53. The third-order valence-electron chi connectivity index (χ3n) is 2.92. The van der Waals surface area contributed by atoms with Crippen LogP contribution in [0.15, 0.2) is 0 Å². The highest BCUT2D eigenvalue weighted by molar-refractivity contribution is 7.92. The Labute approximate surface area is 90.7 Å². The zero-order valence-corrected chi connectivity index (χ0v) is 9.79. The molecule has 2 saturated heterocycles. The van der Waals surface area contributed by atoms with Crippen LogP contribution in [-0.2, 0) is 14.6 Å². The molecule has 2 rings (SSSR count). The molecule has 0 aromatic heterocycles. The summed E-state index contributed by atoms with van der Waals surface area (Å²) in [6.45, 7) is 3.21. The van der Waals surface area contributed by atoms with Crippen molar-refractivity contribution in [3.05, 3.63) is 0 Å². The van der Waals surface area contributed by atoms with Gasteiger partial charge >= 0.3 is 0 Å². The van der Waals surface area contributed by atoms with E-state index < -0.39 is 15.6 Å². The van der Waals surface area contributed by atoms with E-state index in [1.54, 1.807) is 0 Å². The van der Waals surface area contributed by atoms with Crippen LogP contribution in [0.3, 0.4) is 0 Å². The summed E-state index contributed by atoms with van der Waals surface area (Å²) in [6, 6.07) is 0. The van der Waals surface area contributed by atoms with Crippen LogP contribution in [-0.4, -0.2) is 38.3 Å². The van der Waals surface area contributed by atoms with Gasteiger partial charge < -0.3 is 4.74 Å². The molecule has 0 spiro atoms. The molecule has 0 radical (unpaired) electrons. The van der Waals surface area contributed by atoms with Gasteiger partial charge in [0, 0.05) is 6.54 Å². The second-order valence-electron chi connectivity index (χ2n) is 3.88. The summed E-state index contributed by atoms with van der Waals surface area (Å²) in [5, 5.41) is 2.78. The molecule has 0 aromatic carbocycles. The molecule has 1 N–H and O–H groups in total. The maximum Gasteiger partial charge on any atom is 0.157 e. The molecule has 0 bridgehead atoms. The van der Waals surface area contributed by atoms with Gasteiger partial charge in [0.15, 0.2) is 9.84 Å². The highest BCUT2D eigenvalue weighted by Gasteiger charge is 2.48. The molecule has 2 heterocycles. The van der Waals surface area contributed by atoms with Gasteiger partial charge in [-0.3, -0.25) is 5.32 Å². The van der Waals surface area contributed by atoms with Gasteiger partial charge in [0.25, 0.3) is 0 Å². The molecule has 2 unspecified atom stereocenters. The van der Waals surface area contributed by atoms with Gasteiger partial charge in [-0.05, 0) is 19.8 Å². The number of rotatable bonds is 1. The van der Waals surface area contributed by atoms with Crippen molar-refractivity contribution in [1.82, 2.24) is 5.32 Å². The van der Waals surface area contributed by atoms with E-state index in [4.69, 9.17) is 4.74 Å². The molecule has 2 atom stereocenters. The van der Waals surface area contributed by atoms with Crippen LogP contribution in [0, 0.1) is 0 Å². The Balaban J connectivity index is 0.000000980. The number of halogens is 1. The van der Waals surface area contributed by atoms with Gasteiger partial charge in [-0.1, -0.05) is 0 Å². The fourth-order valence-corrected chi connectivity index (χ4v) is 4.45. The van der Waals surface area contributed by atoms with E-state index in [0.717, 1.165) is 19.4 Å². The van der Waals surface area contributed by atoms with Crippen molar-refractivity contribution < 1.29 is 13.2 Å². The first-order valence-corrected chi connectivity index (χ1v) is 6.37. The lowest BCUT2D eigenvalue weighted by Crippen LogP contribution is -2.50. The summed E-state index contributed by atoms with van der Waals surface area (Å²) in [6.07, 6.45) is 1.50. The van der Waals surface area contributed by atoms with Crippen LogP contribution in [0.5, 0.6) is 0 Å². The zero-order valence-electron chi connectivity index (χ0n) is 8.15. The quantitative estimate of drug-likeness (QED) is 0.719. The monoisotopic (exact) mass is 241 g/mol. The molecular formula is C8H16ClNO3S. The van der Waals surface area contributed by atoms with E-state index in [9.17, 15) is 8.42 Å². The number of hydrogen-bond acceptors (Lipinski definition) is 4. The van der Waals surface area contributed by atoms with Gasteiger partial charge in [0.2, 0.25) is 0 Å². The third kappa shape index (κ3) is 1.91. The van der Waals surface area contributed by atoms with Gasteiger partial charge in [0.1, 0.15) is 11.0 Å². The van der Waals surface area contributed by atoms with Crippen molar-refractivity contribution >= 4 is 22.2 Å². The smallest absolute Gasteiger partial charge is 0.157 e. The lowest BCUT2D eigenvalue weighted by atomic mass is 10.1. The predicted octanol–water partition coefficient (Wildman–Crippen LogP) is 0.321. The molecule has 6 heteroatoms. The largest absolute Gasteiger partial charge is 0.358 e. The van der Waals surface area contributed by atoms with Crippen LogP contribution in [0.1, 0.15) is 19.8 Å². The first-order chi connectivity index (χ1) is 6.05. The highest BCUT2D eigenvalue weighted by Crippen LogP contribution is 2.31. The summed E-state index contributed by atoms with van der Waals surface area (Å²) in [5.74, 6) is 0.318. The third-order valence-corrected chi connectivity index (χ3v) is 5.33. The second kappa shape index (κ2) is 3.96. The van der Waals surface area contributed by atoms with Gasteiger partial charge in [-0.2, -0.15) is 0 Å². The molecule has 0 saturated carbocycles. The molecular weight excluding hydrogens is 226 g/mol. The van der Waals surface area contributed by atoms with Crippen molar-refractivity contribution in [2.24, 2.45) is 0 Å². The molecule has 0 aliphatic carbocycles. The fourth-order valence-electron chi connectivity index (χ4n) is 2.23. The standard InChI is InChI=1S/C8H15NO3S.ClH/c1-8(9-4-5-12-8)7-3-2-6-13(7,10)11;/h7,9H,2-6H2,1H3;1H. The first-order valence-electron chi connectivity index (χ1n) is 4.65. The Morgan fingerprint density at radius 1 is 1.50 bits per heavy atom. The lowest BCUT2D eigenvalue weighted by Gasteiger charge is -2.29. The van der Waals surface area contributed by atoms with Crippen molar-refractivity contribution in [3.8, 4) is 0 Å². The summed E-state index contributed by atoms with van der Waals surface area (Å²) in [7, 11) is -2.92. The van der Waals surface area contributed by atoms with Crippen molar-refractivity contribution in [2.75, 3.05) is 18.9 Å². The normalized spacial score (nSPS) is 40.8. The summed E-state index contributed by atoms with van der Waals surface area (Å²) in [5.41, 5.74) is -0.630. The fraction of sp³-hybridized carbons (Fsp3) is 1.00. The van der Waals surface area contributed by atoms with Crippen LogP contribution in [0.2, 0.25) is 0 Å². The van der Waals surface area contributed by atoms with Crippen molar-refractivity contribution in [3.63, 3.8) is 0 Å². The predicted molar refractivity (Wildman–Crippen MR) is 56.4 cm³/mol. The number of hydrogen-bond donors (Lipinski definition) is 1. The molecule has 2 fully saturated rings. The average Bonchev–Trinajstić information content (AvgIpc) is 2.57. The maximum absolute atomic E-state index is 11.6. The summed E-state index contributed by atoms with van der Waals surface area (Å²) < 4.78 is 28.7. The van der Waals surface area contributed by atoms with Crippen LogP contribution in [0.25, 0.3) is 0 Å². The number of nitrogens with one attached hydrogen (secondary N) is 1. The second-order valence-corrected chi connectivity index (χ2v) is 6.18. The van der Waals surface area contributed by atoms with Gasteiger partial charge in [-0.15, -0.1) is 12.4 Å². The van der Waals surface area contributed by atoms with Crippen LogP contribution >= 0.6 is 12.4 Å². The minimum absolute atomic E-state index is 0. The van der Waals surface area contributed by atoms with Crippen molar-refractivity contribution in [2.45, 2.75) is 30.7 Å². The minimum Gasteiger partial charge on any atom is -0.358 e. The van der Waals surface area contributed by atoms with Gasteiger partial charge in [-0.25, -0.2) is 8.42 Å². The molecule has 2 aliphatic heterocycles. The Kier molecular flexibility index (Phi) is 3.46. The molecule has 0 amide bonds. The lowest BCUT2D eigenvalue weighted by molar-refractivity contribution is 0.00286. The van der Waals surface area contributed by atoms with E-state index in [1.165, 1.54) is 0 Å². The molecule has 2 aliphatic rings. The van der Waals surface area contributed by atoms with Crippen LogP contribution in [0.4, 0.5) is 0 Å². The SMILES string of the molecule is CC1(C2CCCS2(=O)=O)NCCO1.Cl. The summed E-state index contributed by atoms with van der Waals surface area (Å²) >= 11 is 0. The topological polar surface area (TPSA) is 55.4 Å². The van der Waals surface area contributed by atoms with E-state index in [0.29, 0.717) is 12.4 Å². The van der Waals surface area contributed by atoms with E-state index in [2.05, 4.69) is 5.32 Å². The van der Waals surface area contributed by atoms with E-state index in [-0.39, 0.29) is 17.7 Å². The molecule has 0 aromatic rings. The van der Waals surface area contributed by atoms with Crippen molar-refractivity contribution in [1.29, 1.82) is 0 Å². The Bertz CT molecular complexity index is 298. The minimum atomic E-state index is -2.92. The number of ether oxygens (including phenoxy) is 1. The highest BCUT2D eigenvalue weighted by atomic mass is 35.5. The Morgan fingerprint density at radius 2 is 2.21 bits per heavy atom.